The van der Waals surface area contributed by atoms with Crippen LogP contribution in [0, 0.1) is 0 Å². The molecule has 0 saturated carbocycles. The summed E-state index contributed by atoms with van der Waals surface area (Å²) in [5, 5.41) is 13.0. The maximum absolute atomic E-state index is 10.2. The number of carbonyl (C=O) groups is 1. The van der Waals surface area contributed by atoms with Crippen LogP contribution in [0.15, 0.2) is 29.3 Å². The Balaban J connectivity index is 2.55. The summed E-state index contributed by atoms with van der Waals surface area (Å²) in [5.41, 5.74) is 1.93. The van der Waals surface area contributed by atoms with Crippen LogP contribution in [-0.4, -0.2) is 16.4 Å². The minimum absolute atomic E-state index is 0.312. The minimum atomic E-state index is -1.02. The van der Waals surface area contributed by atoms with Gasteiger partial charge in [0.05, 0.1) is 11.7 Å². The van der Waals surface area contributed by atoms with Crippen molar-refractivity contribution < 1.29 is 9.90 Å². The number of amides is 1. The molecule has 0 radical (unpaired) electrons. The third-order valence-corrected chi connectivity index (χ3v) is 1.92. The van der Waals surface area contributed by atoms with Gasteiger partial charge in [0.25, 0.3) is 0 Å². The first-order valence-corrected chi connectivity index (χ1v) is 4.71. The molecule has 0 spiro atoms. The molecule has 1 amide bonds. The molecule has 0 aliphatic heterocycles. The summed E-state index contributed by atoms with van der Waals surface area (Å²) >= 11 is 4.46. The standard InChI is InChI=1S/C10H10N2O2S/c13-10(14)12-6-9-3-1-8(2-4-9)5-11-7-15/h1-4,12H,5-6H2,(H,13,14). The molecule has 1 rings (SSSR count). The number of thiocarbonyl (C=S) groups is 1. The zero-order chi connectivity index (χ0) is 11.1. The van der Waals surface area contributed by atoms with E-state index >= 15 is 0 Å². The third-order valence-electron chi connectivity index (χ3n) is 1.79. The van der Waals surface area contributed by atoms with Crippen molar-refractivity contribution in [3.63, 3.8) is 0 Å². The average molecular weight is 222 g/mol. The van der Waals surface area contributed by atoms with E-state index in [0.29, 0.717) is 13.1 Å². The second-order valence-corrected chi connectivity index (χ2v) is 3.07. The van der Waals surface area contributed by atoms with Crippen LogP contribution >= 0.6 is 12.2 Å². The van der Waals surface area contributed by atoms with Gasteiger partial charge in [0.1, 0.15) is 0 Å². The number of rotatable bonds is 4. The van der Waals surface area contributed by atoms with E-state index in [1.807, 2.05) is 24.3 Å². The average Bonchev–Trinajstić information content (AvgIpc) is 2.25. The van der Waals surface area contributed by atoms with Crippen molar-refractivity contribution in [2.75, 3.05) is 0 Å². The number of benzene rings is 1. The lowest BCUT2D eigenvalue weighted by Gasteiger charge is -2.02. The van der Waals surface area contributed by atoms with E-state index < -0.39 is 6.09 Å². The maximum Gasteiger partial charge on any atom is 0.404 e. The summed E-state index contributed by atoms with van der Waals surface area (Å²) in [7, 11) is 0. The van der Waals surface area contributed by atoms with Crippen LogP contribution < -0.4 is 5.32 Å². The lowest BCUT2D eigenvalue weighted by Crippen LogP contribution is -2.19. The first-order valence-electron chi connectivity index (χ1n) is 4.30. The lowest BCUT2D eigenvalue weighted by atomic mass is 10.1. The number of aliphatic imine (C=N–C) groups is 1. The Bertz CT molecular complexity index is 383. The molecule has 15 heavy (non-hydrogen) atoms. The van der Waals surface area contributed by atoms with Gasteiger partial charge in [0, 0.05) is 6.54 Å². The molecule has 0 heterocycles. The van der Waals surface area contributed by atoms with Crippen molar-refractivity contribution in [2.45, 2.75) is 13.1 Å². The molecule has 0 saturated heterocycles. The summed E-state index contributed by atoms with van der Waals surface area (Å²) in [6.45, 7) is 0.822. The van der Waals surface area contributed by atoms with E-state index in [9.17, 15) is 4.79 Å². The van der Waals surface area contributed by atoms with Crippen LogP contribution in [0.5, 0.6) is 0 Å². The zero-order valence-electron chi connectivity index (χ0n) is 7.93. The van der Waals surface area contributed by atoms with Crippen molar-refractivity contribution in [3.8, 4) is 0 Å². The van der Waals surface area contributed by atoms with Gasteiger partial charge in [-0.25, -0.2) is 9.79 Å². The quantitative estimate of drug-likeness (QED) is 0.605. The molecule has 4 nitrogen and oxygen atoms in total. The molecule has 0 aliphatic carbocycles. The van der Waals surface area contributed by atoms with Gasteiger partial charge >= 0.3 is 6.09 Å². The summed E-state index contributed by atoms with van der Waals surface area (Å²) < 4.78 is 0. The Morgan fingerprint density at radius 3 is 2.53 bits per heavy atom. The van der Waals surface area contributed by atoms with Crippen LogP contribution in [0.1, 0.15) is 11.1 Å². The van der Waals surface area contributed by atoms with Gasteiger partial charge in [-0.05, 0) is 23.3 Å². The molecule has 0 fully saturated rings. The van der Waals surface area contributed by atoms with E-state index in [0.717, 1.165) is 11.1 Å². The van der Waals surface area contributed by atoms with Gasteiger partial charge in [-0.2, -0.15) is 0 Å². The highest BCUT2D eigenvalue weighted by Crippen LogP contribution is 2.05. The summed E-state index contributed by atoms with van der Waals surface area (Å²) in [4.78, 5) is 14.0. The molecule has 5 heteroatoms. The van der Waals surface area contributed by atoms with Gasteiger partial charge < -0.3 is 10.4 Å². The highest BCUT2D eigenvalue weighted by Gasteiger charge is 1.96. The summed E-state index contributed by atoms with van der Waals surface area (Å²) in [6.07, 6.45) is -1.02. The predicted molar refractivity (Wildman–Crippen MR) is 60.0 cm³/mol. The molecule has 0 unspecified atom stereocenters. The van der Waals surface area contributed by atoms with Crippen LogP contribution in [0.25, 0.3) is 0 Å². The maximum atomic E-state index is 10.2. The molecular formula is C10H10N2O2S. The fourth-order valence-electron chi connectivity index (χ4n) is 1.06. The van der Waals surface area contributed by atoms with Crippen LogP contribution in [0.4, 0.5) is 4.79 Å². The molecule has 1 aromatic rings. The van der Waals surface area contributed by atoms with Gasteiger partial charge in [-0.3, -0.25) is 0 Å². The number of nitrogens with one attached hydrogen (secondary N) is 1. The van der Waals surface area contributed by atoms with E-state index in [1.165, 1.54) is 0 Å². The van der Waals surface area contributed by atoms with Crippen molar-refractivity contribution in [2.24, 2.45) is 4.99 Å². The topological polar surface area (TPSA) is 61.7 Å². The fourth-order valence-corrected chi connectivity index (χ4v) is 1.13. The Labute approximate surface area is 92.7 Å². The Morgan fingerprint density at radius 2 is 2.00 bits per heavy atom. The second kappa shape index (κ2) is 5.90. The van der Waals surface area contributed by atoms with Gasteiger partial charge in [-0.1, -0.05) is 24.3 Å². The number of hydrogen-bond donors (Lipinski definition) is 2. The van der Waals surface area contributed by atoms with Crippen molar-refractivity contribution >= 4 is 23.5 Å². The van der Waals surface area contributed by atoms with Crippen LogP contribution in [-0.2, 0) is 13.1 Å². The highest BCUT2D eigenvalue weighted by molar-refractivity contribution is 7.78. The first kappa shape index (κ1) is 11.4. The molecular weight excluding hydrogens is 212 g/mol. The second-order valence-electron chi connectivity index (χ2n) is 2.88. The zero-order valence-corrected chi connectivity index (χ0v) is 8.75. The number of nitrogens with zero attached hydrogens (tertiary/aromatic N) is 1. The van der Waals surface area contributed by atoms with E-state index in [1.54, 1.807) is 0 Å². The Hall–Kier alpha value is -1.71. The SMILES string of the molecule is O=C(O)NCc1ccc(CN=C=S)cc1. The minimum Gasteiger partial charge on any atom is -0.465 e. The number of carboxylic acid groups (broad SMARTS) is 1. The first-order chi connectivity index (χ1) is 7.22. The van der Waals surface area contributed by atoms with Gasteiger partial charge in [-0.15, -0.1) is 0 Å². The summed E-state index contributed by atoms with van der Waals surface area (Å²) in [5.74, 6) is 0. The predicted octanol–water partition coefficient (Wildman–Crippen LogP) is 2.06. The monoisotopic (exact) mass is 222 g/mol. The third kappa shape index (κ3) is 4.35. The van der Waals surface area contributed by atoms with Crippen molar-refractivity contribution in [1.29, 1.82) is 0 Å². The van der Waals surface area contributed by atoms with E-state index in [2.05, 4.69) is 27.7 Å². The number of isothiocyanates is 1. The Morgan fingerprint density at radius 1 is 1.40 bits per heavy atom. The lowest BCUT2D eigenvalue weighted by molar-refractivity contribution is 0.194. The normalized spacial score (nSPS) is 9.07. The highest BCUT2D eigenvalue weighted by atomic mass is 32.1. The van der Waals surface area contributed by atoms with Gasteiger partial charge in [0.15, 0.2) is 0 Å². The van der Waals surface area contributed by atoms with E-state index in [4.69, 9.17) is 5.11 Å². The molecule has 0 atom stereocenters. The molecule has 1 aromatic carbocycles. The van der Waals surface area contributed by atoms with Crippen molar-refractivity contribution in [3.05, 3.63) is 35.4 Å². The largest absolute Gasteiger partial charge is 0.465 e. The van der Waals surface area contributed by atoms with E-state index in [-0.39, 0.29) is 0 Å². The smallest absolute Gasteiger partial charge is 0.404 e. The molecule has 78 valence electrons. The van der Waals surface area contributed by atoms with Crippen LogP contribution in [0.3, 0.4) is 0 Å². The molecule has 2 N–H and O–H groups in total. The Kier molecular flexibility index (Phi) is 4.47. The van der Waals surface area contributed by atoms with Crippen molar-refractivity contribution in [1.82, 2.24) is 5.32 Å². The molecule has 0 aromatic heterocycles. The number of hydrogen-bond acceptors (Lipinski definition) is 3. The molecule has 0 bridgehead atoms. The summed E-state index contributed by atoms with van der Waals surface area (Å²) in [6, 6.07) is 7.47. The fraction of sp³-hybridized carbons (Fsp3) is 0.200. The van der Waals surface area contributed by atoms with Crippen LogP contribution in [0.2, 0.25) is 0 Å². The van der Waals surface area contributed by atoms with Gasteiger partial charge in [0.2, 0.25) is 0 Å². The molecule has 0 aliphatic rings.